The summed E-state index contributed by atoms with van der Waals surface area (Å²) in [5, 5.41) is 0. The minimum atomic E-state index is -0.611. The average molecular weight is 299 g/mol. The van der Waals surface area contributed by atoms with Gasteiger partial charge in [-0.3, -0.25) is 4.79 Å². The Morgan fingerprint density at radius 2 is 2.09 bits per heavy atom. The number of ether oxygens (including phenoxy) is 2. The minimum absolute atomic E-state index is 0.0156. The zero-order valence-electron chi connectivity index (χ0n) is 12.6. The SMILES string of the molecule is CCOC(=O)c1cn2c(c(OC)c1=O)-c1ccccc1CC2. The molecule has 0 bridgehead atoms. The Balaban J connectivity index is 2.26. The van der Waals surface area contributed by atoms with E-state index in [1.165, 1.54) is 12.7 Å². The third kappa shape index (κ3) is 2.19. The molecule has 22 heavy (non-hydrogen) atoms. The van der Waals surface area contributed by atoms with Crippen molar-refractivity contribution in [3.8, 4) is 17.0 Å². The summed E-state index contributed by atoms with van der Waals surface area (Å²) in [7, 11) is 1.45. The van der Waals surface area contributed by atoms with Gasteiger partial charge in [-0.2, -0.15) is 0 Å². The van der Waals surface area contributed by atoms with E-state index in [2.05, 4.69) is 0 Å². The molecule has 1 aromatic heterocycles. The largest absolute Gasteiger partial charge is 0.491 e. The number of esters is 1. The van der Waals surface area contributed by atoms with Gasteiger partial charge >= 0.3 is 5.97 Å². The molecule has 1 aliphatic heterocycles. The van der Waals surface area contributed by atoms with Crippen LogP contribution >= 0.6 is 0 Å². The quantitative estimate of drug-likeness (QED) is 0.816. The number of carbonyl (C=O) groups is 1. The Morgan fingerprint density at radius 1 is 1.32 bits per heavy atom. The lowest BCUT2D eigenvalue weighted by Crippen LogP contribution is -2.25. The number of methoxy groups -OCH3 is 1. The summed E-state index contributed by atoms with van der Waals surface area (Å²) in [5.74, 6) is -0.419. The fraction of sp³-hybridized carbons (Fsp3) is 0.294. The maximum absolute atomic E-state index is 12.6. The fourth-order valence-electron chi connectivity index (χ4n) is 2.85. The van der Waals surface area contributed by atoms with Crippen molar-refractivity contribution in [3.63, 3.8) is 0 Å². The molecule has 3 rings (SSSR count). The maximum Gasteiger partial charge on any atom is 0.343 e. The number of rotatable bonds is 3. The van der Waals surface area contributed by atoms with E-state index in [0.717, 1.165) is 17.7 Å². The first-order chi connectivity index (χ1) is 10.7. The van der Waals surface area contributed by atoms with Crippen LogP contribution < -0.4 is 10.2 Å². The molecule has 0 saturated heterocycles. The first-order valence-corrected chi connectivity index (χ1v) is 7.24. The lowest BCUT2D eigenvalue weighted by atomic mass is 9.96. The Hall–Kier alpha value is -2.56. The Kier molecular flexibility index (Phi) is 3.71. The van der Waals surface area contributed by atoms with E-state index >= 15 is 0 Å². The van der Waals surface area contributed by atoms with Crippen LogP contribution in [0.1, 0.15) is 22.8 Å². The topological polar surface area (TPSA) is 57.5 Å². The molecule has 2 aromatic rings. The molecule has 0 unspecified atom stereocenters. The number of hydrogen-bond donors (Lipinski definition) is 0. The van der Waals surface area contributed by atoms with Crippen LogP contribution in [0.3, 0.4) is 0 Å². The number of aryl methyl sites for hydroxylation is 2. The van der Waals surface area contributed by atoms with E-state index in [4.69, 9.17) is 9.47 Å². The van der Waals surface area contributed by atoms with Gasteiger partial charge in [-0.1, -0.05) is 24.3 Å². The molecule has 5 nitrogen and oxygen atoms in total. The summed E-state index contributed by atoms with van der Waals surface area (Å²) < 4.78 is 12.2. The van der Waals surface area contributed by atoms with Crippen molar-refractivity contribution >= 4 is 5.97 Å². The van der Waals surface area contributed by atoms with Gasteiger partial charge in [-0.25, -0.2) is 4.79 Å². The summed E-state index contributed by atoms with van der Waals surface area (Å²) in [6, 6.07) is 7.91. The smallest absolute Gasteiger partial charge is 0.343 e. The summed E-state index contributed by atoms with van der Waals surface area (Å²) in [6.45, 7) is 2.63. The second-order valence-corrected chi connectivity index (χ2v) is 5.07. The molecule has 1 aliphatic rings. The Morgan fingerprint density at radius 3 is 2.82 bits per heavy atom. The predicted molar refractivity (Wildman–Crippen MR) is 82.4 cm³/mol. The Bertz CT molecular complexity index is 792. The predicted octanol–water partition coefficient (Wildman–Crippen LogP) is 2.26. The van der Waals surface area contributed by atoms with Crippen molar-refractivity contribution in [3.05, 3.63) is 51.8 Å². The van der Waals surface area contributed by atoms with Crippen molar-refractivity contribution in [1.29, 1.82) is 0 Å². The van der Waals surface area contributed by atoms with Gasteiger partial charge in [0.2, 0.25) is 5.43 Å². The van der Waals surface area contributed by atoms with E-state index in [0.29, 0.717) is 6.54 Å². The maximum atomic E-state index is 12.6. The lowest BCUT2D eigenvalue weighted by Gasteiger charge is -2.24. The van der Waals surface area contributed by atoms with Gasteiger partial charge in [0.25, 0.3) is 0 Å². The van der Waals surface area contributed by atoms with E-state index in [-0.39, 0.29) is 17.9 Å². The van der Waals surface area contributed by atoms with Gasteiger partial charge in [0.15, 0.2) is 5.75 Å². The molecule has 114 valence electrons. The van der Waals surface area contributed by atoms with E-state index < -0.39 is 11.4 Å². The lowest BCUT2D eigenvalue weighted by molar-refractivity contribution is 0.0523. The van der Waals surface area contributed by atoms with Crippen LogP contribution in [-0.2, 0) is 17.7 Å². The normalized spacial score (nSPS) is 12.3. The van der Waals surface area contributed by atoms with Crippen molar-refractivity contribution in [1.82, 2.24) is 4.57 Å². The molecule has 0 radical (unpaired) electrons. The second kappa shape index (κ2) is 5.67. The van der Waals surface area contributed by atoms with E-state index in [9.17, 15) is 9.59 Å². The van der Waals surface area contributed by atoms with Crippen molar-refractivity contribution in [2.45, 2.75) is 19.9 Å². The number of hydrogen-bond acceptors (Lipinski definition) is 4. The van der Waals surface area contributed by atoms with Crippen molar-refractivity contribution in [2.24, 2.45) is 0 Å². The highest BCUT2D eigenvalue weighted by molar-refractivity contribution is 5.90. The molecular formula is C17H17NO4. The third-order valence-corrected chi connectivity index (χ3v) is 3.83. The highest BCUT2D eigenvalue weighted by Gasteiger charge is 2.25. The minimum Gasteiger partial charge on any atom is -0.491 e. The van der Waals surface area contributed by atoms with Crippen LogP contribution in [0.15, 0.2) is 35.3 Å². The number of nitrogens with zero attached hydrogens (tertiary/aromatic N) is 1. The van der Waals surface area contributed by atoms with E-state index in [1.807, 2.05) is 28.8 Å². The molecule has 1 aromatic carbocycles. The van der Waals surface area contributed by atoms with Crippen LogP contribution in [0.5, 0.6) is 5.75 Å². The third-order valence-electron chi connectivity index (χ3n) is 3.83. The first kappa shape index (κ1) is 14.4. The molecule has 0 N–H and O–H groups in total. The van der Waals surface area contributed by atoms with Crippen molar-refractivity contribution in [2.75, 3.05) is 13.7 Å². The number of benzene rings is 1. The van der Waals surface area contributed by atoms with Crippen LogP contribution in [0, 0.1) is 0 Å². The zero-order valence-corrected chi connectivity index (χ0v) is 12.6. The molecule has 0 amide bonds. The van der Waals surface area contributed by atoms with Crippen LogP contribution in [0.2, 0.25) is 0 Å². The zero-order chi connectivity index (χ0) is 15.7. The molecule has 5 heteroatoms. The number of aromatic nitrogens is 1. The van der Waals surface area contributed by atoms with Crippen molar-refractivity contribution < 1.29 is 14.3 Å². The standard InChI is InChI=1S/C17H17NO4/c1-3-22-17(20)13-10-18-9-8-11-6-4-5-7-12(11)14(18)16(21-2)15(13)19/h4-7,10H,3,8-9H2,1-2H3. The molecular weight excluding hydrogens is 282 g/mol. The molecule has 0 spiro atoms. The number of fused-ring (bicyclic) bond motifs is 3. The van der Waals surface area contributed by atoms with Gasteiger partial charge in [0, 0.05) is 18.3 Å². The van der Waals surface area contributed by atoms with Gasteiger partial charge in [0.05, 0.1) is 19.4 Å². The summed E-state index contributed by atoms with van der Waals surface area (Å²) in [6.07, 6.45) is 2.42. The van der Waals surface area contributed by atoms with Crippen LogP contribution in [0.4, 0.5) is 0 Å². The fourth-order valence-corrected chi connectivity index (χ4v) is 2.85. The molecule has 2 heterocycles. The highest BCUT2D eigenvalue weighted by atomic mass is 16.5. The number of pyridine rings is 1. The van der Waals surface area contributed by atoms with Crippen LogP contribution in [0.25, 0.3) is 11.3 Å². The molecule has 0 saturated carbocycles. The average Bonchev–Trinajstić information content (AvgIpc) is 2.54. The van der Waals surface area contributed by atoms with Gasteiger partial charge in [0.1, 0.15) is 5.56 Å². The summed E-state index contributed by atoms with van der Waals surface area (Å²) in [4.78, 5) is 24.5. The van der Waals surface area contributed by atoms with E-state index in [1.54, 1.807) is 13.1 Å². The summed E-state index contributed by atoms with van der Waals surface area (Å²) >= 11 is 0. The summed E-state index contributed by atoms with van der Waals surface area (Å²) in [5.41, 5.74) is 2.45. The highest BCUT2D eigenvalue weighted by Crippen LogP contribution is 2.34. The molecule has 0 atom stereocenters. The Labute approximate surface area is 128 Å². The second-order valence-electron chi connectivity index (χ2n) is 5.07. The van der Waals surface area contributed by atoms with Gasteiger partial charge in [-0.15, -0.1) is 0 Å². The van der Waals surface area contributed by atoms with Gasteiger partial charge in [-0.05, 0) is 18.9 Å². The molecule has 0 fully saturated rings. The first-order valence-electron chi connectivity index (χ1n) is 7.24. The van der Waals surface area contributed by atoms with Crippen LogP contribution in [-0.4, -0.2) is 24.3 Å². The monoisotopic (exact) mass is 299 g/mol. The molecule has 0 aliphatic carbocycles. The van der Waals surface area contributed by atoms with Gasteiger partial charge < -0.3 is 14.0 Å². The number of carbonyl (C=O) groups excluding carboxylic acids is 1.